The Hall–Kier alpha value is -1.17. The van der Waals surface area contributed by atoms with Gasteiger partial charge in [0.1, 0.15) is 0 Å². The maximum absolute atomic E-state index is 12.3. The number of halogens is 3. The molecule has 0 aliphatic carbocycles. The Morgan fingerprint density at radius 1 is 1.29 bits per heavy atom. The topological polar surface area (TPSA) is 26.3 Å². The van der Waals surface area contributed by atoms with E-state index in [-0.39, 0.29) is 28.3 Å². The summed E-state index contributed by atoms with van der Waals surface area (Å²) in [6.45, 7) is 3.27. The summed E-state index contributed by atoms with van der Waals surface area (Å²) in [4.78, 5) is 11.4. The van der Waals surface area contributed by atoms with Gasteiger partial charge in [0.15, 0.2) is 0 Å². The van der Waals surface area contributed by atoms with Crippen LogP contribution in [0.1, 0.15) is 24.2 Å². The lowest BCUT2D eigenvalue weighted by Crippen LogP contribution is -2.13. The highest BCUT2D eigenvalue weighted by atomic mass is 32.2. The SMILES string of the molecule is CC(C)OC(=O)c1ccccc1SC(F)(F)F. The molecule has 1 rings (SSSR count). The van der Waals surface area contributed by atoms with E-state index < -0.39 is 11.5 Å². The van der Waals surface area contributed by atoms with Gasteiger partial charge in [0.2, 0.25) is 0 Å². The summed E-state index contributed by atoms with van der Waals surface area (Å²) in [5.74, 6) is -0.743. The quantitative estimate of drug-likeness (QED) is 0.612. The molecular weight excluding hydrogens is 253 g/mol. The number of carbonyl (C=O) groups excluding carboxylic acids is 1. The Morgan fingerprint density at radius 3 is 2.41 bits per heavy atom. The number of hydrogen-bond donors (Lipinski definition) is 0. The first kappa shape index (κ1) is 13.9. The number of benzene rings is 1. The lowest BCUT2D eigenvalue weighted by molar-refractivity contribution is -0.0328. The highest BCUT2D eigenvalue weighted by Crippen LogP contribution is 2.38. The Bertz CT molecular complexity index is 402. The van der Waals surface area contributed by atoms with Crippen molar-refractivity contribution in [1.29, 1.82) is 0 Å². The number of ether oxygens (including phenoxy) is 1. The Kier molecular flexibility index (Phi) is 4.45. The average Bonchev–Trinajstić information content (AvgIpc) is 2.14. The summed E-state index contributed by atoms with van der Waals surface area (Å²) in [5.41, 5.74) is -4.49. The minimum absolute atomic E-state index is 0.0662. The molecule has 0 aliphatic rings. The molecule has 1 aromatic rings. The Labute approximate surface area is 101 Å². The molecular formula is C11H11F3O2S. The lowest BCUT2D eigenvalue weighted by atomic mass is 10.2. The van der Waals surface area contributed by atoms with Crippen LogP contribution >= 0.6 is 11.8 Å². The molecule has 0 radical (unpaired) electrons. The van der Waals surface area contributed by atoms with Crippen molar-refractivity contribution >= 4 is 17.7 Å². The van der Waals surface area contributed by atoms with Crippen LogP contribution in [-0.4, -0.2) is 17.6 Å². The second-order valence-corrected chi connectivity index (χ2v) is 4.60. The molecule has 0 heterocycles. The normalized spacial score (nSPS) is 11.6. The number of thioether (sulfide) groups is 1. The molecule has 2 nitrogen and oxygen atoms in total. The molecule has 0 fully saturated rings. The minimum Gasteiger partial charge on any atom is -0.459 e. The molecule has 0 bridgehead atoms. The summed E-state index contributed by atoms with van der Waals surface area (Å²) < 4.78 is 41.6. The van der Waals surface area contributed by atoms with Crippen LogP contribution in [0.3, 0.4) is 0 Å². The van der Waals surface area contributed by atoms with Crippen LogP contribution < -0.4 is 0 Å². The van der Waals surface area contributed by atoms with E-state index in [2.05, 4.69) is 0 Å². The van der Waals surface area contributed by atoms with E-state index in [1.807, 2.05) is 0 Å². The van der Waals surface area contributed by atoms with E-state index in [1.165, 1.54) is 24.3 Å². The highest BCUT2D eigenvalue weighted by molar-refractivity contribution is 8.00. The number of esters is 1. The fourth-order valence-electron chi connectivity index (χ4n) is 1.13. The van der Waals surface area contributed by atoms with Crippen molar-refractivity contribution in [3.05, 3.63) is 29.8 Å². The molecule has 1 aromatic carbocycles. The first-order valence-electron chi connectivity index (χ1n) is 4.85. The predicted molar refractivity (Wildman–Crippen MR) is 58.9 cm³/mol. The zero-order valence-corrected chi connectivity index (χ0v) is 10.1. The van der Waals surface area contributed by atoms with Crippen LogP contribution in [0.15, 0.2) is 29.2 Å². The van der Waals surface area contributed by atoms with E-state index in [1.54, 1.807) is 13.8 Å². The van der Waals surface area contributed by atoms with Crippen LogP contribution in [0.25, 0.3) is 0 Å². The number of carbonyl (C=O) groups is 1. The van der Waals surface area contributed by atoms with Gasteiger partial charge in [0, 0.05) is 4.90 Å². The second kappa shape index (κ2) is 5.44. The smallest absolute Gasteiger partial charge is 0.446 e. The van der Waals surface area contributed by atoms with Gasteiger partial charge in [-0.3, -0.25) is 0 Å². The monoisotopic (exact) mass is 264 g/mol. The lowest BCUT2D eigenvalue weighted by Gasteiger charge is -2.12. The zero-order chi connectivity index (χ0) is 13.1. The van der Waals surface area contributed by atoms with Gasteiger partial charge < -0.3 is 4.74 Å². The van der Waals surface area contributed by atoms with Crippen molar-refractivity contribution in [2.45, 2.75) is 30.4 Å². The second-order valence-electron chi connectivity index (χ2n) is 3.50. The van der Waals surface area contributed by atoms with E-state index in [0.29, 0.717) is 0 Å². The van der Waals surface area contributed by atoms with Crippen molar-refractivity contribution in [2.75, 3.05) is 0 Å². The zero-order valence-electron chi connectivity index (χ0n) is 9.25. The predicted octanol–water partition coefficient (Wildman–Crippen LogP) is 3.86. The summed E-state index contributed by atoms with van der Waals surface area (Å²) >= 11 is -0.318. The van der Waals surface area contributed by atoms with Gasteiger partial charge in [-0.15, -0.1) is 0 Å². The molecule has 0 amide bonds. The van der Waals surface area contributed by atoms with Crippen LogP contribution in [0, 0.1) is 0 Å². The van der Waals surface area contributed by atoms with Crippen molar-refractivity contribution in [1.82, 2.24) is 0 Å². The molecule has 0 atom stereocenters. The largest absolute Gasteiger partial charge is 0.459 e. The van der Waals surface area contributed by atoms with E-state index >= 15 is 0 Å². The third kappa shape index (κ3) is 4.68. The fourth-order valence-corrected chi connectivity index (χ4v) is 1.78. The molecule has 0 saturated carbocycles. The van der Waals surface area contributed by atoms with Crippen molar-refractivity contribution in [2.24, 2.45) is 0 Å². The molecule has 94 valence electrons. The van der Waals surface area contributed by atoms with Gasteiger partial charge in [-0.2, -0.15) is 13.2 Å². The first-order valence-corrected chi connectivity index (χ1v) is 5.67. The van der Waals surface area contributed by atoms with Gasteiger partial charge in [0.05, 0.1) is 11.7 Å². The van der Waals surface area contributed by atoms with Crippen molar-refractivity contribution < 1.29 is 22.7 Å². The van der Waals surface area contributed by atoms with Crippen molar-refractivity contribution in [3.63, 3.8) is 0 Å². The third-order valence-electron chi connectivity index (χ3n) is 1.68. The van der Waals surface area contributed by atoms with Gasteiger partial charge in [0.25, 0.3) is 0 Å². The summed E-state index contributed by atoms with van der Waals surface area (Å²) in [7, 11) is 0. The van der Waals surface area contributed by atoms with Gasteiger partial charge in [-0.25, -0.2) is 4.79 Å². The van der Waals surface area contributed by atoms with Crippen LogP contribution in [0.2, 0.25) is 0 Å². The molecule has 0 aromatic heterocycles. The van der Waals surface area contributed by atoms with E-state index in [4.69, 9.17) is 4.74 Å². The maximum atomic E-state index is 12.3. The van der Waals surface area contributed by atoms with Gasteiger partial charge in [-0.1, -0.05) is 12.1 Å². The molecule has 0 aliphatic heterocycles. The van der Waals surface area contributed by atoms with E-state index in [0.717, 1.165) is 0 Å². The molecule has 0 spiro atoms. The van der Waals surface area contributed by atoms with Crippen LogP contribution in [0.5, 0.6) is 0 Å². The molecule has 17 heavy (non-hydrogen) atoms. The van der Waals surface area contributed by atoms with Crippen molar-refractivity contribution in [3.8, 4) is 0 Å². The van der Waals surface area contributed by atoms with E-state index in [9.17, 15) is 18.0 Å². The maximum Gasteiger partial charge on any atom is 0.446 e. The molecule has 0 unspecified atom stereocenters. The molecule has 0 saturated heterocycles. The number of hydrogen-bond acceptors (Lipinski definition) is 3. The molecule has 0 N–H and O–H groups in total. The Morgan fingerprint density at radius 2 is 1.88 bits per heavy atom. The van der Waals surface area contributed by atoms with Gasteiger partial charge >= 0.3 is 11.5 Å². The highest BCUT2D eigenvalue weighted by Gasteiger charge is 2.31. The Balaban J connectivity index is 2.95. The fraction of sp³-hybridized carbons (Fsp3) is 0.364. The summed E-state index contributed by atoms with van der Waals surface area (Å²) in [5, 5.41) is 0. The number of alkyl halides is 3. The minimum atomic E-state index is -4.42. The standard InChI is InChI=1S/C11H11F3O2S/c1-7(2)16-10(15)8-5-3-4-6-9(8)17-11(12,13)14/h3-7H,1-2H3. The third-order valence-corrected chi connectivity index (χ3v) is 2.48. The number of rotatable bonds is 3. The summed E-state index contributed by atoms with van der Waals surface area (Å²) in [6, 6.07) is 5.51. The summed E-state index contributed by atoms with van der Waals surface area (Å²) in [6.07, 6.45) is -0.369. The first-order chi connectivity index (χ1) is 7.79. The molecule has 6 heteroatoms. The van der Waals surface area contributed by atoms with Crippen LogP contribution in [-0.2, 0) is 4.74 Å². The average molecular weight is 264 g/mol. The van der Waals surface area contributed by atoms with Crippen LogP contribution in [0.4, 0.5) is 13.2 Å². The van der Waals surface area contributed by atoms with Gasteiger partial charge in [-0.05, 0) is 37.7 Å².